The highest BCUT2D eigenvalue weighted by Crippen LogP contribution is 2.25. The summed E-state index contributed by atoms with van der Waals surface area (Å²) in [5.74, 6) is 0. The Morgan fingerprint density at radius 3 is 2.72 bits per heavy atom. The van der Waals surface area contributed by atoms with Crippen LogP contribution in [0.3, 0.4) is 0 Å². The van der Waals surface area contributed by atoms with Crippen molar-refractivity contribution in [2.45, 2.75) is 26.3 Å². The van der Waals surface area contributed by atoms with E-state index >= 15 is 0 Å². The lowest BCUT2D eigenvalue weighted by atomic mass is 10.1. The molecule has 0 aliphatic carbocycles. The van der Waals surface area contributed by atoms with Gasteiger partial charge < -0.3 is 9.64 Å². The number of hydrogen-bond acceptors (Lipinski definition) is 3. The van der Waals surface area contributed by atoms with E-state index in [0.717, 1.165) is 18.7 Å². The highest BCUT2D eigenvalue weighted by Gasteiger charge is 2.14. The number of hydrogen-bond donors (Lipinski definition) is 0. The summed E-state index contributed by atoms with van der Waals surface area (Å²) in [6.07, 6.45) is 1.04. The van der Waals surface area contributed by atoms with Crippen LogP contribution in [0.2, 0.25) is 5.02 Å². The zero-order chi connectivity index (χ0) is 13.5. The molecule has 1 atom stereocenters. The van der Waals surface area contributed by atoms with Crippen molar-refractivity contribution < 1.29 is 4.74 Å². The summed E-state index contributed by atoms with van der Waals surface area (Å²) in [5, 5.41) is 9.38. The molecule has 0 radical (unpaired) electrons. The fraction of sp³-hybridized carbons (Fsp3) is 0.500. The van der Waals surface area contributed by atoms with E-state index in [1.165, 1.54) is 0 Å². The minimum absolute atomic E-state index is 0.407. The van der Waals surface area contributed by atoms with Gasteiger partial charge in [-0.05, 0) is 31.5 Å². The first-order valence-electron chi connectivity index (χ1n) is 6.09. The first-order valence-corrected chi connectivity index (χ1v) is 6.47. The van der Waals surface area contributed by atoms with Crippen LogP contribution < -0.4 is 4.90 Å². The van der Waals surface area contributed by atoms with E-state index in [0.29, 0.717) is 23.2 Å². The molecule has 0 spiro atoms. The van der Waals surface area contributed by atoms with Gasteiger partial charge in [-0.2, -0.15) is 5.26 Å². The normalized spacial score (nSPS) is 11.9. The van der Waals surface area contributed by atoms with Crippen LogP contribution in [0.15, 0.2) is 18.2 Å². The summed E-state index contributed by atoms with van der Waals surface area (Å²) < 4.78 is 5.14. The predicted octanol–water partition coefficient (Wildman–Crippen LogP) is 3.46. The van der Waals surface area contributed by atoms with E-state index in [9.17, 15) is 0 Å². The number of nitriles is 1. The minimum Gasteiger partial charge on any atom is -0.383 e. The molecule has 0 saturated carbocycles. The van der Waals surface area contributed by atoms with Gasteiger partial charge >= 0.3 is 0 Å². The minimum atomic E-state index is 0.407. The van der Waals surface area contributed by atoms with Crippen LogP contribution in [0.4, 0.5) is 5.69 Å². The number of halogens is 1. The molecule has 0 saturated heterocycles. The van der Waals surface area contributed by atoms with Crippen molar-refractivity contribution in [2.75, 3.05) is 25.2 Å². The summed E-state index contributed by atoms with van der Waals surface area (Å²) in [4.78, 5) is 2.25. The SMILES string of the molecule is CCC(C)N(CCOC)c1ccc(C#N)c(Cl)c1. The van der Waals surface area contributed by atoms with Gasteiger partial charge in [0.25, 0.3) is 0 Å². The number of methoxy groups -OCH3 is 1. The summed E-state index contributed by atoms with van der Waals surface area (Å²) in [5.41, 5.74) is 1.54. The van der Waals surface area contributed by atoms with E-state index in [1.54, 1.807) is 13.2 Å². The van der Waals surface area contributed by atoms with Gasteiger partial charge in [0, 0.05) is 25.4 Å². The van der Waals surface area contributed by atoms with E-state index < -0.39 is 0 Å². The van der Waals surface area contributed by atoms with E-state index in [4.69, 9.17) is 21.6 Å². The Kier molecular flexibility index (Phi) is 5.97. The summed E-state index contributed by atoms with van der Waals surface area (Å²) >= 11 is 6.08. The second kappa shape index (κ2) is 7.25. The topological polar surface area (TPSA) is 36.3 Å². The molecular weight excluding hydrogens is 248 g/mol. The number of nitrogens with zero attached hydrogens (tertiary/aromatic N) is 2. The van der Waals surface area contributed by atoms with E-state index in [-0.39, 0.29) is 0 Å². The van der Waals surface area contributed by atoms with Gasteiger partial charge in [0.1, 0.15) is 6.07 Å². The average Bonchev–Trinajstić information content (AvgIpc) is 2.39. The predicted molar refractivity (Wildman–Crippen MR) is 75.1 cm³/mol. The third-order valence-corrected chi connectivity index (χ3v) is 3.38. The Morgan fingerprint density at radius 1 is 1.50 bits per heavy atom. The summed E-state index contributed by atoms with van der Waals surface area (Å²) in [7, 11) is 1.69. The van der Waals surface area contributed by atoms with Crippen molar-refractivity contribution in [1.29, 1.82) is 5.26 Å². The molecule has 4 heteroatoms. The van der Waals surface area contributed by atoms with Gasteiger partial charge in [-0.15, -0.1) is 0 Å². The fourth-order valence-corrected chi connectivity index (χ4v) is 2.00. The zero-order valence-corrected chi connectivity index (χ0v) is 11.9. The molecule has 0 amide bonds. The third kappa shape index (κ3) is 3.63. The van der Waals surface area contributed by atoms with Gasteiger partial charge in [0.15, 0.2) is 0 Å². The molecule has 0 N–H and O–H groups in total. The maximum Gasteiger partial charge on any atom is 0.101 e. The lowest BCUT2D eigenvalue weighted by Gasteiger charge is -2.30. The second-order valence-corrected chi connectivity index (χ2v) is 4.63. The van der Waals surface area contributed by atoms with Crippen LogP contribution in [0.5, 0.6) is 0 Å². The molecule has 0 aromatic heterocycles. The van der Waals surface area contributed by atoms with Crippen molar-refractivity contribution in [3.8, 4) is 6.07 Å². The average molecular weight is 267 g/mol. The molecule has 1 unspecified atom stereocenters. The molecule has 0 fully saturated rings. The van der Waals surface area contributed by atoms with Gasteiger partial charge in [-0.25, -0.2) is 0 Å². The fourth-order valence-electron chi connectivity index (χ4n) is 1.79. The number of anilines is 1. The van der Waals surface area contributed by atoms with Crippen molar-refractivity contribution >= 4 is 17.3 Å². The van der Waals surface area contributed by atoms with Crippen LogP contribution in [-0.4, -0.2) is 26.3 Å². The molecule has 0 heterocycles. The first kappa shape index (κ1) is 14.8. The molecule has 98 valence electrons. The molecule has 18 heavy (non-hydrogen) atoms. The highest BCUT2D eigenvalue weighted by atomic mass is 35.5. The number of benzene rings is 1. The Morgan fingerprint density at radius 2 is 2.22 bits per heavy atom. The van der Waals surface area contributed by atoms with Crippen LogP contribution in [-0.2, 0) is 4.74 Å². The smallest absolute Gasteiger partial charge is 0.101 e. The van der Waals surface area contributed by atoms with Gasteiger partial charge in [-0.3, -0.25) is 0 Å². The summed E-state index contributed by atoms with van der Waals surface area (Å²) in [6.45, 7) is 5.80. The highest BCUT2D eigenvalue weighted by molar-refractivity contribution is 6.32. The Bertz CT molecular complexity index is 428. The molecule has 0 aliphatic heterocycles. The van der Waals surface area contributed by atoms with E-state index in [2.05, 4.69) is 24.8 Å². The molecule has 1 rings (SSSR count). The molecule has 1 aromatic carbocycles. The van der Waals surface area contributed by atoms with Gasteiger partial charge in [0.05, 0.1) is 17.2 Å². The quantitative estimate of drug-likeness (QED) is 0.791. The van der Waals surface area contributed by atoms with Gasteiger partial charge in [0.2, 0.25) is 0 Å². The molecule has 0 aliphatic rings. The molecular formula is C14H19ClN2O. The van der Waals surface area contributed by atoms with Crippen molar-refractivity contribution in [2.24, 2.45) is 0 Å². The molecule has 1 aromatic rings. The zero-order valence-electron chi connectivity index (χ0n) is 11.1. The Balaban J connectivity index is 2.98. The first-order chi connectivity index (χ1) is 8.63. The standard InChI is InChI=1S/C14H19ClN2O/c1-4-11(2)17(7-8-18-3)13-6-5-12(10-16)14(15)9-13/h5-6,9,11H,4,7-8H2,1-3H3. The lowest BCUT2D eigenvalue weighted by Crippen LogP contribution is -2.35. The van der Waals surface area contributed by atoms with Crippen LogP contribution in [0.1, 0.15) is 25.8 Å². The molecule has 3 nitrogen and oxygen atoms in total. The Labute approximate surface area is 114 Å². The van der Waals surface area contributed by atoms with Crippen LogP contribution in [0, 0.1) is 11.3 Å². The molecule has 0 bridgehead atoms. The maximum atomic E-state index is 8.88. The van der Waals surface area contributed by atoms with Crippen LogP contribution in [0.25, 0.3) is 0 Å². The third-order valence-electron chi connectivity index (χ3n) is 3.06. The van der Waals surface area contributed by atoms with Crippen molar-refractivity contribution in [1.82, 2.24) is 0 Å². The van der Waals surface area contributed by atoms with Crippen molar-refractivity contribution in [3.05, 3.63) is 28.8 Å². The van der Waals surface area contributed by atoms with Gasteiger partial charge in [-0.1, -0.05) is 18.5 Å². The summed E-state index contributed by atoms with van der Waals surface area (Å²) in [6, 6.07) is 8.03. The number of ether oxygens (including phenoxy) is 1. The second-order valence-electron chi connectivity index (χ2n) is 4.22. The Hall–Kier alpha value is -1.24. The monoisotopic (exact) mass is 266 g/mol. The van der Waals surface area contributed by atoms with E-state index in [1.807, 2.05) is 12.1 Å². The lowest BCUT2D eigenvalue weighted by molar-refractivity contribution is 0.203. The largest absolute Gasteiger partial charge is 0.383 e. The van der Waals surface area contributed by atoms with Crippen LogP contribution >= 0.6 is 11.6 Å². The maximum absolute atomic E-state index is 8.88. The van der Waals surface area contributed by atoms with Crippen molar-refractivity contribution in [3.63, 3.8) is 0 Å². The number of rotatable bonds is 6.